The van der Waals surface area contributed by atoms with Gasteiger partial charge in [-0.05, 0) is 30.5 Å². The highest BCUT2D eigenvalue weighted by Crippen LogP contribution is 2.05. The zero-order valence-corrected chi connectivity index (χ0v) is 15.5. The lowest BCUT2D eigenvalue weighted by Gasteiger charge is -2.15. The minimum absolute atomic E-state index is 0.146. The van der Waals surface area contributed by atoms with Gasteiger partial charge in [-0.1, -0.05) is 32.6 Å². The standard InChI is InChI=1S/C19H30N4O3/c1-2-3-4-5-6-7-17(24)23-16(19(20)26)14-18(25)22-13-10-15-8-11-21-12-9-15/h8-9,11-12,16H,2-7,10,13-14H2,1H3,(H2,20,26)(H,22,25)(H,23,24)/t16-/m1/s1. The Morgan fingerprint density at radius 2 is 1.77 bits per heavy atom. The second kappa shape index (κ2) is 12.9. The first-order chi connectivity index (χ1) is 12.5. The molecule has 1 heterocycles. The van der Waals surface area contributed by atoms with Crippen molar-refractivity contribution in [3.8, 4) is 0 Å². The third kappa shape index (κ3) is 9.76. The van der Waals surface area contributed by atoms with Gasteiger partial charge in [0.15, 0.2) is 0 Å². The van der Waals surface area contributed by atoms with Crippen molar-refractivity contribution in [2.45, 2.75) is 64.3 Å². The molecule has 0 fully saturated rings. The summed E-state index contributed by atoms with van der Waals surface area (Å²) in [4.78, 5) is 39.3. The Labute approximate surface area is 155 Å². The van der Waals surface area contributed by atoms with Gasteiger partial charge in [0.25, 0.3) is 0 Å². The maximum Gasteiger partial charge on any atom is 0.240 e. The largest absolute Gasteiger partial charge is 0.368 e. The highest BCUT2D eigenvalue weighted by Gasteiger charge is 2.21. The van der Waals surface area contributed by atoms with Crippen LogP contribution in [0.5, 0.6) is 0 Å². The summed E-state index contributed by atoms with van der Waals surface area (Å²) in [6.45, 7) is 2.58. The summed E-state index contributed by atoms with van der Waals surface area (Å²) in [6, 6.07) is 2.78. The summed E-state index contributed by atoms with van der Waals surface area (Å²) in [7, 11) is 0. The fraction of sp³-hybridized carbons (Fsp3) is 0.579. The second-order valence-corrected chi connectivity index (χ2v) is 6.35. The average Bonchev–Trinajstić information content (AvgIpc) is 2.62. The molecule has 0 saturated heterocycles. The summed E-state index contributed by atoms with van der Waals surface area (Å²) in [5, 5.41) is 5.30. The first-order valence-corrected chi connectivity index (χ1v) is 9.27. The number of amides is 3. The van der Waals surface area contributed by atoms with Crippen molar-refractivity contribution in [1.82, 2.24) is 15.6 Å². The van der Waals surface area contributed by atoms with Crippen LogP contribution in [0, 0.1) is 0 Å². The van der Waals surface area contributed by atoms with E-state index in [0.717, 1.165) is 37.7 Å². The van der Waals surface area contributed by atoms with Gasteiger partial charge in [0, 0.05) is 25.4 Å². The van der Waals surface area contributed by atoms with E-state index in [0.29, 0.717) is 19.4 Å². The fourth-order valence-corrected chi connectivity index (χ4v) is 2.53. The van der Waals surface area contributed by atoms with Crippen molar-refractivity contribution >= 4 is 17.7 Å². The number of hydrogen-bond acceptors (Lipinski definition) is 4. The van der Waals surface area contributed by atoms with Gasteiger partial charge in [0.05, 0.1) is 6.42 Å². The number of hydrogen-bond donors (Lipinski definition) is 3. The molecule has 1 aromatic rings. The Morgan fingerprint density at radius 1 is 1.08 bits per heavy atom. The van der Waals surface area contributed by atoms with Gasteiger partial charge in [0.1, 0.15) is 6.04 Å². The quantitative estimate of drug-likeness (QED) is 0.461. The highest BCUT2D eigenvalue weighted by atomic mass is 16.2. The Morgan fingerprint density at radius 3 is 2.42 bits per heavy atom. The van der Waals surface area contributed by atoms with Crippen molar-refractivity contribution in [3.63, 3.8) is 0 Å². The molecule has 7 heteroatoms. The minimum Gasteiger partial charge on any atom is -0.368 e. The summed E-state index contributed by atoms with van der Waals surface area (Å²) < 4.78 is 0. The third-order valence-electron chi connectivity index (χ3n) is 4.06. The second-order valence-electron chi connectivity index (χ2n) is 6.35. The number of unbranched alkanes of at least 4 members (excludes halogenated alkanes) is 4. The molecule has 0 aromatic carbocycles. The highest BCUT2D eigenvalue weighted by molar-refractivity contribution is 5.91. The number of carbonyl (C=O) groups excluding carboxylic acids is 3. The number of primary amides is 1. The van der Waals surface area contributed by atoms with Crippen LogP contribution in [0.3, 0.4) is 0 Å². The van der Waals surface area contributed by atoms with Crippen LogP contribution in [0.25, 0.3) is 0 Å². The van der Waals surface area contributed by atoms with Gasteiger partial charge in [-0.25, -0.2) is 0 Å². The maximum atomic E-state index is 12.0. The Hall–Kier alpha value is -2.44. The molecule has 7 nitrogen and oxygen atoms in total. The molecule has 1 rings (SSSR count). The lowest BCUT2D eigenvalue weighted by atomic mass is 10.1. The average molecular weight is 362 g/mol. The molecule has 26 heavy (non-hydrogen) atoms. The van der Waals surface area contributed by atoms with Crippen LogP contribution in [0.2, 0.25) is 0 Å². The molecule has 0 unspecified atom stereocenters. The van der Waals surface area contributed by atoms with Crippen molar-refractivity contribution in [3.05, 3.63) is 30.1 Å². The Bertz CT molecular complexity index is 563. The van der Waals surface area contributed by atoms with Gasteiger partial charge in [0.2, 0.25) is 17.7 Å². The van der Waals surface area contributed by atoms with Gasteiger partial charge in [-0.3, -0.25) is 19.4 Å². The lowest BCUT2D eigenvalue weighted by molar-refractivity contribution is -0.130. The normalized spacial score (nSPS) is 11.6. The summed E-state index contributed by atoms with van der Waals surface area (Å²) in [6.07, 6.45) is 9.41. The SMILES string of the molecule is CCCCCCCC(=O)N[C@H](CC(=O)NCCc1ccncc1)C(N)=O. The number of pyridine rings is 1. The summed E-state index contributed by atoms with van der Waals surface area (Å²) in [5.74, 6) is -1.25. The molecule has 0 saturated carbocycles. The van der Waals surface area contributed by atoms with Crippen LogP contribution in [0.4, 0.5) is 0 Å². The summed E-state index contributed by atoms with van der Waals surface area (Å²) in [5.41, 5.74) is 6.37. The first-order valence-electron chi connectivity index (χ1n) is 9.27. The van der Waals surface area contributed by atoms with Gasteiger partial charge in [-0.15, -0.1) is 0 Å². The van der Waals surface area contributed by atoms with E-state index in [2.05, 4.69) is 22.5 Å². The lowest BCUT2D eigenvalue weighted by Crippen LogP contribution is -2.47. The molecule has 1 atom stereocenters. The molecule has 0 spiro atoms. The van der Waals surface area contributed by atoms with Crippen molar-refractivity contribution in [1.29, 1.82) is 0 Å². The molecular formula is C19H30N4O3. The number of nitrogens with two attached hydrogens (primary N) is 1. The number of nitrogens with zero attached hydrogens (tertiary/aromatic N) is 1. The Kier molecular flexibility index (Phi) is 10.7. The smallest absolute Gasteiger partial charge is 0.240 e. The third-order valence-corrected chi connectivity index (χ3v) is 4.06. The Balaban J connectivity index is 2.29. The molecule has 1 aromatic heterocycles. The maximum absolute atomic E-state index is 12.0. The van der Waals surface area contributed by atoms with Crippen LogP contribution in [0.1, 0.15) is 57.4 Å². The predicted octanol–water partition coefficient (Wildman–Crippen LogP) is 1.46. The van der Waals surface area contributed by atoms with Crippen LogP contribution in [-0.4, -0.2) is 35.3 Å². The molecule has 0 radical (unpaired) electrons. The molecule has 3 amide bonds. The van der Waals surface area contributed by atoms with Gasteiger partial charge >= 0.3 is 0 Å². The molecule has 144 valence electrons. The predicted molar refractivity (Wildman–Crippen MR) is 100 cm³/mol. The molecular weight excluding hydrogens is 332 g/mol. The van der Waals surface area contributed by atoms with E-state index in [1.54, 1.807) is 12.4 Å². The fourth-order valence-electron chi connectivity index (χ4n) is 2.53. The van der Waals surface area contributed by atoms with E-state index in [1.807, 2.05) is 12.1 Å². The zero-order valence-electron chi connectivity index (χ0n) is 15.5. The minimum atomic E-state index is -0.973. The van der Waals surface area contributed by atoms with Gasteiger partial charge < -0.3 is 16.4 Å². The van der Waals surface area contributed by atoms with Crippen LogP contribution < -0.4 is 16.4 Å². The molecule has 4 N–H and O–H groups in total. The van der Waals surface area contributed by atoms with Crippen molar-refractivity contribution in [2.75, 3.05) is 6.54 Å². The van der Waals surface area contributed by atoms with Crippen LogP contribution >= 0.6 is 0 Å². The van der Waals surface area contributed by atoms with Crippen LogP contribution in [-0.2, 0) is 20.8 Å². The van der Waals surface area contributed by atoms with E-state index < -0.39 is 11.9 Å². The van der Waals surface area contributed by atoms with E-state index in [4.69, 9.17) is 5.73 Å². The molecule has 0 bridgehead atoms. The zero-order chi connectivity index (χ0) is 19.2. The number of carbonyl (C=O) groups is 3. The summed E-state index contributed by atoms with van der Waals surface area (Å²) >= 11 is 0. The number of aromatic nitrogens is 1. The molecule has 0 aliphatic heterocycles. The molecule has 0 aliphatic rings. The van der Waals surface area contributed by atoms with E-state index in [-0.39, 0.29) is 18.2 Å². The number of nitrogens with one attached hydrogen (secondary N) is 2. The van der Waals surface area contributed by atoms with Gasteiger partial charge in [-0.2, -0.15) is 0 Å². The topological polar surface area (TPSA) is 114 Å². The van der Waals surface area contributed by atoms with E-state index >= 15 is 0 Å². The van der Waals surface area contributed by atoms with Crippen molar-refractivity contribution in [2.24, 2.45) is 5.73 Å². The number of rotatable bonds is 13. The van der Waals surface area contributed by atoms with Crippen LogP contribution in [0.15, 0.2) is 24.5 Å². The van der Waals surface area contributed by atoms with E-state index in [9.17, 15) is 14.4 Å². The van der Waals surface area contributed by atoms with Crippen molar-refractivity contribution < 1.29 is 14.4 Å². The van der Waals surface area contributed by atoms with E-state index in [1.165, 1.54) is 0 Å². The monoisotopic (exact) mass is 362 g/mol. The molecule has 0 aliphatic carbocycles. The first kappa shape index (κ1) is 21.6.